The van der Waals surface area contributed by atoms with Crippen molar-refractivity contribution in [3.05, 3.63) is 106 Å². The first-order valence-corrected chi connectivity index (χ1v) is 12.4. The summed E-state index contributed by atoms with van der Waals surface area (Å²) in [7, 11) is 0. The fourth-order valence-electron chi connectivity index (χ4n) is 4.09. The third-order valence-electron chi connectivity index (χ3n) is 6.28. The Bertz CT molecular complexity index is 1270. The number of nitrogens with zero attached hydrogens (tertiary/aromatic N) is 4. The van der Waals surface area contributed by atoms with Crippen LogP contribution < -0.4 is 0 Å². The summed E-state index contributed by atoms with van der Waals surface area (Å²) < 4.78 is 51.7. The normalized spacial score (nSPS) is 14.1. The van der Waals surface area contributed by atoms with E-state index in [2.05, 4.69) is 38.6 Å². The average molecular weight is 531 g/mol. The second-order valence-electron chi connectivity index (χ2n) is 9.30. The van der Waals surface area contributed by atoms with Gasteiger partial charge < -0.3 is 4.90 Å². The Kier molecular flexibility index (Phi) is 8.27. The number of aromatic nitrogens is 2. The Morgan fingerprint density at radius 3 is 2.43 bits per heavy atom. The molecule has 1 saturated carbocycles. The van der Waals surface area contributed by atoms with Gasteiger partial charge in [-0.3, -0.25) is 4.98 Å². The highest BCUT2D eigenvalue weighted by Gasteiger charge is 2.30. The van der Waals surface area contributed by atoms with Gasteiger partial charge >= 0.3 is 6.18 Å². The topological polar surface area (TPSA) is 41.4 Å². The van der Waals surface area contributed by atoms with E-state index in [1.54, 1.807) is 6.07 Å². The van der Waals surface area contributed by atoms with Crippen molar-refractivity contribution < 1.29 is 17.6 Å². The van der Waals surface area contributed by atoms with Crippen LogP contribution >= 0.6 is 11.6 Å². The molecule has 0 N–H and O–H groups in total. The lowest BCUT2D eigenvalue weighted by molar-refractivity contribution is -0.137. The minimum absolute atomic E-state index is 0.129. The SMILES string of the molecule is C=C(Cl)N=C(c1ccc(F)nc1)N(Cc1ccc(CCc2ccc(C(F)(F)F)cn2)cc1C)CC1CC1. The number of alkyl halides is 3. The molecule has 4 rings (SSSR count). The third-order valence-corrected chi connectivity index (χ3v) is 6.36. The zero-order valence-corrected chi connectivity index (χ0v) is 21.2. The first-order valence-electron chi connectivity index (χ1n) is 12.0. The first-order chi connectivity index (χ1) is 17.6. The minimum Gasteiger partial charge on any atom is -0.351 e. The monoisotopic (exact) mass is 530 g/mol. The molecule has 1 aliphatic carbocycles. The molecule has 1 aromatic carbocycles. The molecule has 1 fully saturated rings. The Labute approximate surface area is 218 Å². The van der Waals surface area contributed by atoms with Crippen LogP contribution in [0.5, 0.6) is 0 Å². The summed E-state index contributed by atoms with van der Waals surface area (Å²) in [5.74, 6) is 0.578. The van der Waals surface area contributed by atoms with E-state index in [1.807, 2.05) is 13.0 Å². The van der Waals surface area contributed by atoms with E-state index < -0.39 is 17.7 Å². The quantitative estimate of drug-likeness (QED) is 0.0974. The summed E-state index contributed by atoms with van der Waals surface area (Å²) >= 11 is 6.06. The Morgan fingerprint density at radius 2 is 1.86 bits per heavy atom. The van der Waals surface area contributed by atoms with Gasteiger partial charge in [0.25, 0.3) is 0 Å². The van der Waals surface area contributed by atoms with Crippen LogP contribution in [0.3, 0.4) is 0 Å². The molecule has 2 aromatic heterocycles. The van der Waals surface area contributed by atoms with Crippen molar-refractivity contribution in [1.29, 1.82) is 0 Å². The predicted octanol–water partition coefficient (Wildman–Crippen LogP) is 7.10. The molecule has 4 nitrogen and oxygen atoms in total. The van der Waals surface area contributed by atoms with E-state index in [0.717, 1.165) is 48.3 Å². The van der Waals surface area contributed by atoms with E-state index in [0.29, 0.717) is 42.4 Å². The summed E-state index contributed by atoms with van der Waals surface area (Å²) in [4.78, 5) is 14.3. The van der Waals surface area contributed by atoms with Gasteiger partial charge in [-0.15, -0.1) is 0 Å². The number of benzene rings is 1. The van der Waals surface area contributed by atoms with Gasteiger partial charge in [0.15, 0.2) is 0 Å². The fraction of sp³-hybridized carbons (Fsp3) is 0.321. The number of halogens is 5. The lowest BCUT2D eigenvalue weighted by Gasteiger charge is -2.27. The Morgan fingerprint density at radius 1 is 1.08 bits per heavy atom. The van der Waals surface area contributed by atoms with Crippen molar-refractivity contribution in [3.63, 3.8) is 0 Å². The molecule has 0 amide bonds. The van der Waals surface area contributed by atoms with Gasteiger partial charge in [0.1, 0.15) is 11.0 Å². The largest absolute Gasteiger partial charge is 0.417 e. The molecule has 2 heterocycles. The standard InChI is InChI=1S/C28H27ClF4N4/c1-18-13-20(6-10-25-11-9-24(15-34-25)28(31,32)33)5-7-23(18)17-37(16-21-3-4-21)27(36-19(2)29)22-8-12-26(30)35-14-22/h5,7-9,11-15,21H,2-4,6,10,16-17H2,1H3. The summed E-state index contributed by atoms with van der Waals surface area (Å²) in [6, 6.07) is 11.6. The molecule has 3 aromatic rings. The van der Waals surface area contributed by atoms with Gasteiger partial charge in [-0.2, -0.15) is 17.6 Å². The number of pyridine rings is 2. The highest BCUT2D eigenvalue weighted by Crippen LogP contribution is 2.32. The van der Waals surface area contributed by atoms with Crippen LogP contribution in [-0.2, 0) is 25.6 Å². The van der Waals surface area contributed by atoms with E-state index in [1.165, 1.54) is 18.3 Å². The van der Waals surface area contributed by atoms with E-state index in [9.17, 15) is 17.6 Å². The number of aliphatic imine (C=N–C) groups is 1. The second-order valence-corrected chi connectivity index (χ2v) is 9.74. The predicted molar refractivity (Wildman–Crippen MR) is 137 cm³/mol. The van der Waals surface area contributed by atoms with E-state index >= 15 is 0 Å². The summed E-state index contributed by atoms with van der Waals surface area (Å²) in [5, 5.41) is 0.129. The number of rotatable bonds is 9. The van der Waals surface area contributed by atoms with Gasteiger partial charge in [0.2, 0.25) is 5.95 Å². The highest BCUT2D eigenvalue weighted by atomic mass is 35.5. The molecule has 1 aliphatic rings. The van der Waals surface area contributed by atoms with Crippen LogP contribution in [0.15, 0.2) is 71.6 Å². The third kappa shape index (κ3) is 7.61. The molecule has 0 aliphatic heterocycles. The summed E-state index contributed by atoms with van der Waals surface area (Å²) in [5.41, 5.74) is 3.77. The Balaban J connectivity index is 1.49. The number of hydrogen-bond acceptors (Lipinski definition) is 3. The number of aryl methyl sites for hydroxylation is 3. The van der Waals surface area contributed by atoms with Crippen molar-refractivity contribution >= 4 is 17.4 Å². The van der Waals surface area contributed by atoms with Gasteiger partial charge in [-0.1, -0.05) is 36.4 Å². The van der Waals surface area contributed by atoms with Crippen LogP contribution in [0, 0.1) is 18.8 Å². The van der Waals surface area contributed by atoms with Crippen molar-refractivity contribution in [2.24, 2.45) is 10.9 Å². The summed E-state index contributed by atoms with van der Waals surface area (Å²) in [6.07, 6.45) is 1.41. The molecule has 0 unspecified atom stereocenters. The maximum absolute atomic E-state index is 13.5. The fourth-order valence-corrected chi connectivity index (χ4v) is 4.17. The van der Waals surface area contributed by atoms with E-state index in [-0.39, 0.29) is 5.16 Å². The molecule has 0 bridgehead atoms. The zero-order valence-electron chi connectivity index (χ0n) is 20.4. The minimum atomic E-state index is -4.39. The van der Waals surface area contributed by atoms with Crippen molar-refractivity contribution in [3.8, 4) is 0 Å². The molecule has 0 radical (unpaired) electrons. The molecule has 0 spiro atoms. The van der Waals surface area contributed by atoms with Gasteiger partial charge in [0, 0.05) is 36.7 Å². The Hall–Kier alpha value is -3.26. The first kappa shape index (κ1) is 26.8. The van der Waals surface area contributed by atoms with Crippen LogP contribution in [0.4, 0.5) is 17.6 Å². The maximum Gasteiger partial charge on any atom is 0.417 e. The van der Waals surface area contributed by atoms with Crippen LogP contribution in [0.25, 0.3) is 0 Å². The second kappa shape index (κ2) is 11.4. The number of amidine groups is 1. The lowest BCUT2D eigenvalue weighted by Crippen LogP contribution is -2.33. The van der Waals surface area contributed by atoms with Crippen LogP contribution in [-0.4, -0.2) is 27.2 Å². The van der Waals surface area contributed by atoms with Gasteiger partial charge in [0.05, 0.1) is 5.56 Å². The summed E-state index contributed by atoms with van der Waals surface area (Å²) in [6.45, 7) is 7.09. The smallest absolute Gasteiger partial charge is 0.351 e. The molecule has 9 heteroatoms. The van der Waals surface area contributed by atoms with Crippen molar-refractivity contribution in [2.75, 3.05) is 6.54 Å². The molecule has 37 heavy (non-hydrogen) atoms. The molecular weight excluding hydrogens is 504 g/mol. The molecule has 0 atom stereocenters. The lowest BCUT2D eigenvalue weighted by atomic mass is 10.0. The highest BCUT2D eigenvalue weighted by molar-refractivity contribution is 6.30. The van der Waals surface area contributed by atoms with Crippen LogP contribution in [0.1, 0.15) is 46.4 Å². The molecular formula is C28H27ClF4N4. The molecule has 194 valence electrons. The maximum atomic E-state index is 13.5. The van der Waals surface area contributed by atoms with Gasteiger partial charge in [-0.25, -0.2) is 9.98 Å². The van der Waals surface area contributed by atoms with Gasteiger partial charge in [-0.05, 0) is 79.5 Å². The average Bonchev–Trinajstić information content (AvgIpc) is 3.67. The van der Waals surface area contributed by atoms with Crippen LogP contribution in [0.2, 0.25) is 0 Å². The van der Waals surface area contributed by atoms with Crippen molar-refractivity contribution in [2.45, 2.75) is 45.3 Å². The van der Waals surface area contributed by atoms with Crippen molar-refractivity contribution in [1.82, 2.24) is 14.9 Å². The zero-order chi connectivity index (χ0) is 26.6. The molecule has 0 saturated heterocycles. The van der Waals surface area contributed by atoms with E-state index in [4.69, 9.17) is 11.6 Å². The number of hydrogen-bond donors (Lipinski definition) is 0.